The number of fused-ring (bicyclic) bond motifs is 1. The Morgan fingerprint density at radius 2 is 2.16 bits per heavy atom. The van der Waals surface area contributed by atoms with Crippen LogP contribution in [0.2, 0.25) is 0 Å². The van der Waals surface area contributed by atoms with Crippen LogP contribution < -0.4 is 0 Å². The molecule has 2 aromatic rings. The predicted molar refractivity (Wildman–Crippen MR) is 76.2 cm³/mol. The topological polar surface area (TPSA) is 56.3 Å². The molecule has 0 spiro atoms. The normalized spacial score (nSPS) is 11.2. The van der Waals surface area contributed by atoms with Crippen molar-refractivity contribution in [2.24, 2.45) is 0 Å². The van der Waals surface area contributed by atoms with E-state index in [1.54, 1.807) is 4.90 Å². The highest BCUT2D eigenvalue weighted by Crippen LogP contribution is 2.16. The molecule has 1 amide bonds. The highest BCUT2D eigenvalue weighted by Gasteiger charge is 2.18. The van der Waals surface area contributed by atoms with Gasteiger partial charge in [-0.2, -0.15) is 0 Å². The number of rotatable bonds is 5. The molecule has 2 rings (SSSR count). The second kappa shape index (κ2) is 5.89. The SMILES string of the molecule is CC(C)N(CCCO)C(=O)c1ccc2cc[nH]c2c1. The van der Waals surface area contributed by atoms with E-state index < -0.39 is 0 Å². The summed E-state index contributed by atoms with van der Waals surface area (Å²) in [6.45, 7) is 4.66. The number of nitrogens with zero attached hydrogens (tertiary/aromatic N) is 1. The second-order valence-electron chi connectivity index (χ2n) is 4.95. The van der Waals surface area contributed by atoms with E-state index in [1.165, 1.54) is 0 Å². The maximum absolute atomic E-state index is 12.5. The average molecular weight is 260 g/mol. The van der Waals surface area contributed by atoms with E-state index in [9.17, 15) is 4.79 Å². The van der Waals surface area contributed by atoms with Crippen molar-refractivity contribution in [2.45, 2.75) is 26.3 Å². The Kier molecular flexibility index (Phi) is 4.22. The summed E-state index contributed by atoms with van der Waals surface area (Å²) in [5, 5.41) is 10.0. The molecule has 0 aliphatic rings. The van der Waals surface area contributed by atoms with Crippen LogP contribution in [0.15, 0.2) is 30.5 Å². The molecule has 2 N–H and O–H groups in total. The third-order valence-electron chi connectivity index (χ3n) is 3.24. The molecule has 0 fully saturated rings. The minimum atomic E-state index is 0.0138. The van der Waals surface area contributed by atoms with Crippen molar-refractivity contribution < 1.29 is 9.90 Å². The molecule has 4 nitrogen and oxygen atoms in total. The third-order valence-corrected chi connectivity index (χ3v) is 3.24. The van der Waals surface area contributed by atoms with Gasteiger partial charge in [-0.1, -0.05) is 6.07 Å². The first-order valence-electron chi connectivity index (χ1n) is 6.62. The Labute approximate surface area is 113 Å². The molecule has 1 aromatic heterocycles. The molecule has 0 radical (unpaired) electrons. The number of hydrogen-bond donors (Lipinski definition) is 2. The Morgan fingerprint density at radius 1 is 1.37 bits per heavy atom. The molecule has 0 aliphatic carbocycles. The number of aromatic amines is 1. The lowest BCUT2D eigenvalue weighted by Gasteiger charge is -2.26. The van der Waals surface area contributed by atoms with Crippen molar-refractivity contribution in [2.75, 3.05) is 13.2 Å². The Balaban J connectivity index is 2.24. The molecular weight excluding hydrogens is 240 g/mol. The first kappa shape index (κ1) is 13.6. The minimum Gasteiger partial charge on any atom is -0.396 e. The maximum atomic E-state index is 12.5. The molecule has 0 saturated heterocycles. The summed E-state index contributed by atoms with van der Waals surface area (Å²) in [5.41, 5.74) is 1.65. The second-order valence-corrected chi connectivity index (χ2v) is 4.95. The molecule has 19 heavy (non-hydrogen) atoms. The van der Waals surface area contributed by atoms with E-state index in [-0.39, 0.29) is 18.6 Å². The maximum Gasteiger partial charge on any atom is 0.254 e. The van der Waals surface area contributed by atoms with Crippen LogP contribution in [0, 0.1) is 0 Å². The summed E-state index contributed by atoms with van der Waals surface area (Å²) in [4.78, 5) is 17.4. The Hall–Kier alpha value is -1.81. The highest BCUT2D eigenvalue weighted by molar-refractivity contribution is 5.98. The molecule has 0 saturated carbocycles. The van der Waals surface area contributed by atoms with Gasteiger partial charge in [-0.3, -0.25) is 4.79 Å². The third kappa shape index (κ3) is 2.96. The highest BCUT2D eigenvalue weighted by atomic mass is 16.3. The van der Waals surface area contributed by atoms with Gasteiger partial charge in [0.1, 0.15) is 0 Å². The van der Waals surface area contributed by atoms with E-state index in [4.69, 9.17) is 5.11 Å². The van der Waals surface area contributed by atoms with Gasteiger partial charge < -0.3 is 15.0 Å². The number of H-pyrrole nitrogens is 1. The van der Waals surface area contributed by atoms with Gasteiger partial charge in [-0.05, 0) is 43.9 Å². The minimum absolute atomic E-state index is 0.0138. The van der Waals surface area contributed by atoms with Crippen molar-refractivity contribution >= 4 is 16.8 Å². The summed E-state index contributed by atoms with van der Waals surface area (Å²) < 4.78 is 0. The number of amides is 1. The lowest BCUT2D eigenvalue weighted by Crippen LogP contribution is -2.38. The van der Waals surface area contributed by atoms with Crippen LogP contribution in [-0.4, -0.2) is 40.1 Å². The van der Waals surface area contributed by atoms with Gasteiger partial charge in [-0.25, -0.2) is 0 Å². The summed E-state index contributed by atoms with van der Waals surface area (Å²) in [5.74, 6) is 0.0138. The van der Waals surface area contributed by atoms with E-state index >= 15 is 0 Å². The number of aliphatic hydroxyl groups is 1. The molecule has 0 unspecified atom stereocenters. The van der Waals surface area contributed by atoms with E-state index in [1.807, 2.05) is 44.3 Å². The van der Waals surface area contributed by atoms with Crippen LogP contribution in [0.5, 0.6) is 0 Å². The van der Waals surface area contributed by atoms with Crippen molar-refractivity contribution in [1.82, 2.24) is 9.88 Å². The van der Waals surface area contributed by atoms with Crippen molar-refractivity contribution in [3.63, 3.8) is 0 Å². The molecule has 4 heteroatoms. The Bertz CT molecular complexity index is 560. The van der Waals surface area contributed by atoms with Crippen LogP contribution >= 0.6 is 0 Å². The van der Waals surface area contributed by atoms with Gasteiger partial charge in [0.15, 0.2) is 0 Å². The van der Waals surface area contributed by atoms with Crippen LogP contribution in [0.25, 0.3) is 10.9 Å². The monoisotopic (exact) mass is 260 g/mol. The Morgan fingerprint density at radius 3 is 2.84 bits per heavy atom. The summed E-state index contributed by atoms with van der Waals surface area (Å²) in [6.07, 6.45) is 2.47. The van der Waals surface area contributed by atoms with Crippen LogP contribution in [0.3, 0.4) is 0 Å². The zero-order valence-electron chi connectivity index (χ0n) is 11.4. The number of hydrogen-bond acceptors (Lipinski definition) is 2. The van der Waals surface area contributed by atoms with Gasteiger partial charge >= 0.3 is 0 Å². The predicted octanol–water partition coefficient (Wildman–Crippen LogP) is 2.40. The van der Waals surface area contributed by atoms with E-state index in [2.05, 4.69) is 4.98 Å². The van der Waals surface area contributed by atoms with Crippen molar-refractivity contribution in [3.8, 4) is 0 Å². The van der Waals surface area contributed by atoms with Gasteiger partial charge in [0.25, 0.3) is 5.91 Å². The summed E-state index contributed by atoms with van der Waals surface area (Å²) >= 11 is 0. The largest absolute Gasteiger partial charge is 0.396 e. The molecule has 0 atom stereocenters. The van der Waals surface area contributed by atoms with Crippen molar-refractivity contribution in [1.29, 1.82) is 0 Å². The number of nitrogens with one attached hydrogen (secondary N) is 1. The number of carbonyl (C=O) groups is 1. The quantitative estimate of drug-likeness (QED) is 0.867. The van der Waals surface area contributed by atoms with E-state index in [0.717, 1.165) is 10.9 Å². The van der Waals surface area contributed by atoms with Crippen molar-refractivity contribution in [3.05, 3.63) is 36.0 Å². The fraction of sp³-hybridized carbons (Fsp3) is 0.400. The van der Waals surface area contributed by atoms with Gasteiger partial charge in [-0.15, -0.1) is 0 Å². The van der Waals surface area contributed by atoms with Crippen LogP contribution in [-0.2, 0) is 0 Å². The van der Waals surface area contributed by atoms with Crippen LogP contribution in [0.1, 0.15) is 30.6 Å². The number of benzene rings is 1. The van der Waals surface area contributed by atoms with E-state index in [0.29, 0.717) is 18.5 Å². The standard InChI is InChI=1S/C15H20N2O2/c1-11(2)17(8-3-9-18)15(19)13-5-4-12-6-7-16-14(12)10-13/h4-7,10-11,16,18H,3,8-9H2,1-2H3. The average Bonchev–Trinajstić information content (AvgIpc) is 2.85. The molecular formula is C15H20N2O2. The lowest BCUT2D eigenvalue weighted by molar-refractivity contribution is 0.0693. The molecule has 102 valence electrons. The number of aromatic nitrogens is 1. The summed E-state index contributed by atoms with van der Waals surface area (Å²) in [6, 6.07) is 7.79. The molecule has 0 bridgehead atoms. The first-order valence-corrected chi connectivity index (χ1v) is 6.62. The first-order chi connectivity index (χ1) is 9.13. The molecule has 1 aromatic carbocycles. The number of aliphatic hydroxyl groups excluding tert-OH is 1. The zero-order valence-corrected chi connectivity index (χ0v) is 11.4. The van der Waals surface area contributed by atoms with Gasteiger partial charge in [0.05, 0.1) is 0 Å². The lowest BCUT2D eigenvalue weighted by atomic mass is 10.1. The zero-order chi connectivity index (χ0) is 13.8. The smallest absolute Gasteiger partial charge is 0.254 e. The fourth-order valence-corrected chi connectivity index (χ4v) is 2.18. The molecule has 1 heterocycles. The molecule has 0 aliphatic heterocycles. The number of carbonyl (C=O) groups excluding carboxylic acids is 1. The van der Waals surface area contributed by atoms with Gasteiger partial charge in [0, 0.05) is 36.5 Å². The fourth-order valence-electron chi connectivity index (χ4n) is 2.18. The summed E-state index contributed by atoms with van der Waals surface area (Å²) in [7, 11) is 0. The van der Waals surface area contributed by atoms with Crippen LogP contribution in [0.4, 0.5) is 0 Å². The van der Waals surface area contributed by atoms with Gasteiger partial charge in [0.2, 0.25) is 0 Å².